The molecular formula is C26H32N4O3. The Kier molecular flexibility index (Phi) is 6.19. The van der Waals surface area contributed by atoms with Gasteiger partial charge in [0, 0.05) is 50.4 Å². The number of carbonyl (C=O) groups is 2. The molecule has 7 nitrogen and oxygen atoms in total. The van der Waals surface area contributed by atoms with Crippen molar-refractivity contribution in [2.75, 3.05) is 45.8 Å². The summed E-state index contributed by atoms with van der Waals surface area (Å²) in [7, 11) is 0. The summed E-state index contributed by atoms with van der Waals surface area (Å²) in [6.07, 6.45) is 1.12. The number of nitrogens with one attached hydrogen (secondary N) is 1. The highest BCUT2D eigenvalue weighted by Gasteiger charge is 2.61. The number of piperazine rings is 2. The molecule has 0 radical (unpaired) electrons. The molecule has 2 unspecified atom stereocenters. The van der Waals surface area contributed by atoms with E-state index in [0.717, 1.165) is 37.2 Å². The van der Waals surface area contributed by atoms with Crippen molar-refractivity contribution < 1.29 is 14.3 Å². The van der Waals surface area contributed by atoms with Crippen molar-refractivity contribution in [3.05, 3.63) is 71.8 Å². The van der Waals surface area contributed by atoms with Gasteiger partial charge in [-0.05, 0) is 13.0 Å². The first kappa shape index (κ1) is 22.1. The minimum atomic E-state index is -1.13. The molecule has 2 aromatic rings. The SMILES string of the molecule is CCCN1CCN(C(=O)C2CNCC3C(=O)OC(c4ccccc4)(c4ccccc4)N32)CC1. The van der Waals surface area contributed by atoms with E-state index in [0.29, 0.717) is 26.2 Å². The number of benzene rings is 2. The van der Waals surface area contributed by atoms with E-state index in [9.17, 15) is 9.59 Å². The normalized spacial score (nSPS) is 25.5. The number of rotatable bonds is 5. The molecule has 3 aliphatic rings. The molecule has 3 saturated heterocycles. The van der Waals surface area contributed by atoms with Gasteiger partial charge in [-0.1, -0.05) is 67.6 Å². The van der Waals surface area contributed by atoms with Gasteiger partial charge in [-0.3, -0.25) is 14.5 Å². The van der Waals surface area contributed by atoms with Crippen molar-refractivity contribution >= 4 is 11.9 Å². The van der Waals surface area contributed by atoms with Crippen LogP contribution in [0, 0.1) is 0 Å². The summed E-state index contributed by atoms with van der Waals surface area (Å²) in [5, 5.41) is 3.33. The highest BCUT2D eigenvalue weighted by atomic mass is 16.6. The summed E-state index contributed by atoms with van der Waals surface area (Å²) in [5.41, 5.74) is 0.593. The largest absolute Gasteiger partial charge is 0.434 e. The van der Waals surface area contributed by atoms with E-state index in [1.54, 1.807) is 0 Å². The molecule has 3 aliphatic heterocycles. The van der Waals surface area contributed by atoms with Crippen LogP contribution in [0.3, 0.4) is 0 Å². The quantitative estimate of drug-likeness (QED) is 0.702. The number of nitrogens with zero attached hydrogens (tertiary/aromatic N) is 3. The lowest BCUT2D eigenvalue weighted by Gasteiger charge is -2.46. The molecule has 5 rings (SSSR count). The van der Waals surface area contributed by atoms with Crippen molar-refractivity contribution in [1.29, 1.82) is 0 Å². The molecule has 1 N–H and O–H groups in total. The van der Waals surface area contributed by atoms with Gasteiger partial charge in [0.25, 0.3) is 0 Å². The zero-order valence-corrected chi connectivity index (χ0v) is 19.2. The van der Waals surface area contributed by atoms with Gasteiger partial charge in [-0.25, -0.2) is 4.90 Å². The molecule has 0 aliphatic carbocycles. The van der Waals surface area contributed by atoms with Crippen LogP contribution < -0.4 is 5.32 Å². The monoisotopic (exact) mass is 448 g/mol. The fourth-order valence-electron chi connectivity index (χ4n) is 5.51. The Balaban J connectivity index is 1.53. The van der Waals surface area contributed by atoms with Gasteiger partial charge in [0.1, 0.15) is 12.1 Å². The summed E-state index contributed by atoms with van der Waals surface area (Å²) in [4.78, 5) is 33.5. The van der Waals surface area contributed by atoms with Gasteiger partial charge in [-0.2, -0.15) is 0 Å². The molecule has 3 fully saturated rings. The minimum Gasteiger partial charge on any atom is -0.434 e. The van der Waals surface area contributed by atoms with E-state index in [4.69, 9.17) is 4.74 Å². The predicted molar refractivity (Wildman–Crippen MR) is 125 cm³/mol. The maximum Gasteiger partial charge on any atom is 0.327 e. The Morgan fingerprint density at radius 1 is 0.970 bits per heavy atom. The average Bonchev–Trinajstić information content (AvgIpc) is 3.19. The molecule has 174 valence electrons. The maximum absolute atomic E-state index is 13.9. The molecular weight excluding hydrogens is 416 g/mol. The van der Waals surface area contributed by atoms with E-state index < -0.39 is 17.8 Å². The summed E-state index contributed by atoms with van der Waals surface area (Å²) < 4.78 is 6.25. The molecule has 3 heterocycles. The van der Waals surface area contributed by atoms with Crippen molar-refractivity contribution in [3.8, 4) is 0 Å². The van der Waals surface area contributed by atoms with Crippen LogP contribution in [0.5, 0.6) is 0 Å². The predicted octanol–water partition coefficient (Wildman–Crippen LogP) is 1.64. The highest BCUT2D eigenvalue weighted by Crippen LogP contribution is 2.45. The first-order chi connectivity index (χ1) is 16.1. The first-order valence-corrected chi connectivity index (χ1v) is 12.0. The lowest BCUT2D eigenvalue weighted by Crippen LogP contribution is -2.67. The smallest absolute Gasteiger partial charge is 0.327 e. The number of ether oxygens (including phenoxy) is 1. The number of fused-ring (bicyclic) bond motifs is 1. The van der Waals surface area contributed by atoms with Crippen LogP contribution in [-0.4, -0.2) is 84.5 Å². The van der Waals surface area contributed by atoms with Crippen molar-refractivity contribution in [2.45, 2.75) is 31.2 Å². The maximum atomic E-state index is 13.9. The second-order valence-corrected chi connectivity index (χ2v) is 9.06. The zero-order chi connectivity index (χ0) is 22.8. The Bertz CT molecular complexity index is 936. The Morgan fingerprint density at radius 2 is 1.58 bits per heavy atom. The summed E-state index contributed by atoms with van der Waals surface area (Å²) >= 11 is 0. The lowest BCUT2D eigenvalue weighted by molar-refractivity contribution is -0.156. The van der Waals surface area contributed by atoms with E-state index in [1.807, 2.05) is 70.5 Å². The van der Waals surface area contributed by atoms with E-state index >= 15 is 0 Å². The summed E-state index contributed by atoms with van der Waals surface area (Å²) in [6.45, 7) is 7.41. The number of carbonyl (C=O) groups excluding carboxylic acids is 2. The number of amides is 1. The Labute approximate surface area is 195 Å². The van der Waals surface area contributed by atoms with E-state index in [2.05, 4.69) is 17.1 Å². The zero-order valence-electron chi connectivity index (χ0n) is 19.2. The number of hydrogen-bond donors (Lipinski definition) is 1. The fraction of sp³-hybridized carbons (Fsp3) is 0.462. The third-order valence-corrected chi connectivity index (χ3v) is 7.07. The third kappa shape index (κ3) is 3.84. The Hall–Kier alpha value is -2.74. The van der Waals surface area contributed by atoms with Crippen LogP contribution in [0.25, 0.3) is 0 Å². The summed E-state index contributed by atoms with van der Waals surface area (Å²) in [6, 6.07) is 18.6. The molecule has 0 spiro atoms. The van der Waals surface area contributed by atoms with Crippen molar-refractivity contribution in [3.63, 3.8) is 0 Å². The fourth-order valence-corrected chi connectivity index (χ4v) is 5.51. The molecule has 33 heavy (non-hydrogen) atoms. The molecule has 2 aromatic carbocycles. The van der Waals surface area contributed by atoms with Gasteiger partial charge >= 0.3 is 5.97 Å². The van der Waals surface area contributed by atoms with Crippen LogP contribution in [0.2, 0.25) is 0 Å². The standard InChI is InChI=1S/C26H32N4O3/c1-2-13-28-14-16-29(17-15-28)24(31)22-18-27-19-23-25(32)33-26(30(22)23,20-9-5-3-6-10-20)21-11-7-4-8-12-21/h3-12,22-23,27H,2,13-19H2,1H3. The second kappa shape index (κ2) is 9.25. The van der Waals surface area contributed by atoms with Gasteiger partial charge < -0.3 is 15.0 Å². The molecule has 0 bridgehead atoms. The molecule has 0 saturated carbocycles. The number of esters is 1. The van der Waals surface area contributed by atoms with Gasteiger partial charge in [-0.15, -0.1) is 0 Å². The average molecular weight is 449 g/mol. The molecule has 7 heteroatoms. The number of hydrogen-bond acceptors (Lipinski definition) is 6. The molecule has 1 amide bonds. The topological polar surface area (TPSA) is 65.1 Å². The van der Waals surface area contributed by atoms with Crippen LogP contribution >= 0.6 is 0 Å². The van der Waals surface area contributed by atoms with Gasteiger partial charge in [0.15, 0.2) is 0 Å². The van der Waals surface area contributed by atoms with Crippen molar-refractivity contribution in [1.82, 2.24) is 20.0 Å². The molecule has 0 aromatic heterocycles. The highest BCUT2D eigenvalue weighted by molar-refractivity contribution is 5.87. The third-order valence-electron chi connectivity index (χ3n) is 7.07. The van der Waals surface area contributed by atoms with Crippen molar-refractivity contribution in [2.24, 2.45) is 0 Å². The number of cyclic esters (lactones) is 1. The first-order valence-electron chi connectivity index (χ1n) is 12.0. The van der Waals surface area contributed by atoms with Gasteiger partial charge in [0.2, 0.25) is 11.6 Å². The molecule has 2 atom stereocenters. The lowest BCUT2D eigenvalue weighted by atomic mass is 9.89. The summed E-state index contributed by atoms with van der Waals surface area (Å²) in [5.74, 6) is -0.224. The minimum absolute atomic E-state index is 0.0675. The van der Waals surface area contributed by atoms with E-state index in [-0.39, 0.29) is 11.9 Å². The van der Waals surface area contributed by atoms with Gasteiger partial charge in [0.05, 0.1) is 0 Å². The van der Waals surface area contributed by atoms with Crippen LogP contribution in [0.15, 0.2) is 60.7 Å². The van der Waals surface area contributed by atoms with Crippen LogP contribution in [-0.2, 0) is 20.1 Å². The Morgan fingerprint density at radius 3 is 2.15 bits per heavy atom. The second-order valence-electron chi connectivity index (χ2n) is 9.06. The van der Waals surface area contributed by atoms with Crippen LogP contribution in [0.1, 0.15) is 24.5 Å². The van der Waals surface area contributed by atoms with E-state index in [1.165, 1.54) is 0 Å². The van der Waals surface area contributed by atoms with Crippen LogP contribution in [0.4, 0.5) is 0 Å².